The number of nitrogens with zero attached hydrogens (tertiary/aromatic N) is 3. The first-order valence-electron chi connectivity index (χ1n) is 8.02. The summed E-state index contributed by atoms with van der Waals surface area (Å²) in [6.45, 7) is 4.94. The molecule has 3 rings (SSSR count). The highest BCUT2D eigenvalue weighted by Gasteiger charge is 2.06. The molecule has 7 heteroatoms. The van der Waals surface area contributed by atoms with Crippen LogP contribution in [0.3, 0.4) is 0 Å². The molecule has 0 unspecified atom stereocenters. The maximum absolute atomic E-state index is 8.75. The molecule has 0 amide bonds. The number of nitrogens with one attached hydrogen (secondary N) is 1. The third-order valence-electron chi connectivity index (χ3n) is 3.52. The summed E-state index contributed by atoms with van der Waals surface area (Å²) >= 11 is 11.7. The van der Waals surface area contributed by atoms with Crippen molar-refractivity contribution in [2.24, 2.45) is 0 Å². The van der Waals surface area contributed by atoms with Crippen molar-refractivity contribution in [2.75, 3.05) is 11.9 Å². The molecule has 0 saturated carbocycles. The largest absolute Gasteiger partial charge is 0.423 e. The first kappa shape index (κ1) is 19.8. The summed E-state index contributed by atoms with van der Waals surface area (Å²) in [5, 5.41) is 20.6. The zero-order valence-corrected chi connectivity index (χ0v) is 16.0. The number of rotatable bonds is 4. The van der Waals surface area contributed by atoms with Gasteiger partial charge in [0.1, 0.15) is 6.07 Å². The summed E-state index contributed by atoms with van der Waals surface area (Å²) in [4.78, 5) is 0. The molecule has 1 aromatic heterocycles. The topological polar surface area (TPSA) is 74.7 Å². The number of anilines is 1. The molecule has 0 radical (unpaired) electrons. The van der Waals surface area contributed by atoms with Gasteiger partial charge in [0.05, 0.1) is 10.6 Å². The highest BCUT2D eigenvalue weighted by atomic mass is 35.5. The van der Waals surface area contributed by atoms with Crippen molar-refractivity contribution in [1.29, 1.82) is 5.26 Å². The second-order valence-corrected chi connectivity index (χ2v) is 6.20. The molecule has 1 N–H and O–H groups in total. The molecule has 134 valence electrons. The normalized spacial score (nSPS) is 9.81. The average molecular weight is 389 g/mol. The van der Waals surface area contributed by atoms with E-state index in [0.29, 0.717) is 21.5 Å². The summed E-state index contributed by atoms with van der Waals surface area (Å²) in [6, 6.07) is 12.9. The maximum Gasteiger partial charge on any atom is 0.247 e. The van der Waals surface area contributed by atoms with Gasteiger partial charge in [-0.3, -0.25) is 0 Å². The first-order chi connectivity index (χ1) is 12.6. The van der Waals surface area contributed by atoms with Crippen molar-refractivity contribution in [3.63, 3.8) is 0 Å². The van der Waals surface area contributed by atoms with E-state index in [4.69, 9.17) is 32.9 Å². The zero-order valence-electron chi connectivity index (χ0n) is 14.5. The Balaban J connectivity index is 0.000000189. The van der Waals surface area contributed by atoms with E-state index in [1.165, 1.54) is 6.39 Å². The van der Waals surface area contributed by atoms with Gasteiger partial charge in [0.2, 0.25) is 12.3 Å². The van der Waals surface area contributed by atoms with E-state index >= 15 is 0 Å². The van der Waals surface area contributed by atoms with Crippen molar-refractivity contribution in [1.82, 2.24) is 10.2 Å². The number of halogens is 2. The van der Waals surface area contributed by atoms with E-state index < -0.39 is 0 Å². The molecule has 0 fully saturated rings. The van der Waals surface area contributed by atoms with Gasteiger partial charge in [-0.15, -0.1) is 10.2 Å². The Hall–Kier alpha value is -2.55. The minimum absolute atomic E-state index is 0.506. The summed E-state index contributed by atoms with van der Waals surface area (Å²) in [5.41, 5.74) is 3.36. The lowest BCUT2D eigenvalue weighted by Crippen LogP contribution is -2.02. The molecule has 1 heterocycles. The van der Waals surface area contributed by atoms with Crippen molar-refractivity contribution in [2.45, 2.75) is 20.3 Å². The highest BCUT2D eigenvalue weighted by Crippen LogP contribution is 2.26. The molecule has 0 aliphatic carbocycles. The van der Waals surface area contributed by atoms with Crippen LogP contribution < -0.4 is 5.32 Å². The first-order valence-corrected chi connectivity index (χ1v) is 8.77. The molecule has 0 saturated heterocycles. The Labute approximate surface area is 162 Å². The van der Waals surface area contributed by atoms with Crippen LogP contribution in [0.25, 0.3) is 11.5 Å². The van der Waals surface area contributed by atoms with E-state index in [1.54, 1.807) is 18.2 Å². The van der Waals surface area contributed by atoms with E-state index in [2.05, 4.69) is 28.5 Å². The molecular weight excluding hydrogens is 371 g/mol. The molecule has 0 atom stereocenters. The molecule has 0 aliphatic rings. The minimum Gasteiger partial charge on any atom is -0.423 e. The number of nitriles is 1. The summed E-state index contributed by atoms with van der Waals surface area (Å²) in [7, 11) is 0. The van der Waals surface area contributed by atoms with Crippen LogP contribution in [-0.4, -0.2) is 16.7 Å². The molecule has 2 aromatic carbocycles. The second kappa shape index (κ2) is 9.81. The van der Waals surface area contributed by atoms with Crippen LogP contribution >= 0.6 is 23.2 Å². The van der Waals surface area contributed by atoms with E-state index in [0.717, 1.165) is 29.8 Å². The van der Waals surface area contributed by atoms with Gasteiger partial charge in [-0.1, -0.05) is 30.1 Å². The van der Waals surface area contributed by atoms with Crippen LogP contribution in [0.5, 0.6) is 0 Å². The van der Waals surface area contributed by atoms with E-state index in [1.807, 2.05) is 25.1 Å². The average Bonchev–Trinajstić information content (AvgIpc) is 3.19. The molecule has 0 spiro atoms. The predicted molar refractivity (Wildman–Crippen MR) is 104 cm³/mol. The smallest absolute Gasteiger partial charge is 0.247 e. The van der Waals surface area contributed by atoms with Crippen molar-refractivity contribution in [3.8, 4) is 17.5 Å². The number of aromatic nitrogens is 2. The molecule has 26 heavy (non-hydrogen) atoms. The lowest BCUT2D eigenvalue weighted by molar-refractivity contribution is 0.568. The van der Waals surface area contributed by atoms with Crippen LogP contribution in [0.15, 0.2) is 47.2 Å². The Morgan fingerprint density at radius 1 is 1.15 bits per heavy atom. The Kier molecular flexibility index (Phi) is 7.46. The molecular formula is C19H18Cl2N4O. The summed E-state index contributed by atoms with van der Waals surface area (Å²) < 4.78 is 4.99. The van der Waals surface area contributed by atoms with Crippen LogP contribution in [0.2, 0.25) is 10.0 Å². The summed E-state index contributed by atoms with van der Waals surface area (Å²) in [6.07, 6.45) is 2.36. The van der Waals surface area contributed by atoms with E-state index in [9.17, 15) is 0 Å². The Morgan fingerprint density at radius 2 is 1.88 bits per heavy atom. The van der Waals surface area contributed by atoms with Crippen LogP contribution in [0.4, 0.5) is 5.69 Å². The van der Waals surface area contributed by atoms with Gasteiger partial charge in [-0.05, 0) is 55.3 Å². The Bertz CT molecular complexity index is 872. The monoisotopic (exact) mass is 388 g/mol. The standard InChI is InChI=1S/C11H13ClN2.C8H5ClN2O/c1-3-6-14-10-5-4-9(7-13)11(12)8(10)2;9-7-3-1-6(2-4-7)8-11-10-5-12-8/h4-5,14H,3,6H2,1-2H3;1-5H. The lowest BCUT2D eigenvalue weighted by atomic mass is 10.1. The fraction of sp³-hybridized carbons (Fsp3) is 0.211. The van der Waals surface area contributed by atoms with Gasteiger partial charge >= 0.3 is 0 Å². The predicted octanol–water partition coefficient (Wildman–Crippen LogP) is 5.73. The highest BCUT2D eigenvalue weighted by molar-refractivity contribution is 6.32. The number of hydrogen-bond donors (Lipinski definition) is 1. The van der Waals surface area contributed by atoms with Gasteiger partial charge in [-0.2, -0.15) is 5.26 Å². The van der Waals surface area contributed by atoms with Gasteiger partial charge < -0.3 is 9.73 Å². The van der Waals surface area contributed by atoms with Gasteiger partial charge in [-0.25, -0.2) is 0 Å². The quantitative estimate of drug-likeness (QED) is 0.617. The Morgan fingerprint density at radius 3 is 2.46 bits per heavy atom. The fourth-order valence-electron chi connectivity index (χ4n) is 2.11. The number of benzene rings is 2. The lowest BCUT2D eigenvalue weighted by Gasteiger charge is -2.10. The van der Waals surface area contributed by atoms with Crippen LogP contribution in [0.1, 0.15) is 24.5 Å². The van der Waals surface area contributed by atoms with E-state index in [-0.39, 0.29) is 0 Å². The fourth-order valence-corrected chi connectivity index (χ4v) is 2.45. The molecule has 0 aliphatic heterocycles. The summed E-state index contributed by atoms with van der Waals surface area (Å²) in [5.74, 6) is 0.506. The zero-order chi connectivity index (χ0) is 18.9. The third kappa shape index (κ3) is 5.22. The molecule has 3 aromatic rings. The van der Waals surface area contributed by atoms with Crippen molar-refractivity contribution in [3.05, 3.63) is 64.0 Å². The molecule has 5 nitrogen and oxygen atoms in total. The van der Waals surface area contributed by atoms with Crippen LogP contribution in [-0.2, 0) is 0 Å². The van der Waals surface area contributed by atoms with Crippen molar-refractivity contribution < 1.29 is 4.42 Å². The third-order valence-corrected chi connectivity index (χ3v) is 4.26. The SMILES string of the molecule is CCCNc1ccc(C#N)c(Cl)c1C.Clc1ccc(-c2nnco2)cc1. The second-order valence-electron chi connectivity index (χ2n) is 5.39. The maximum atomic E-state index is 8.75. The minimum atomic E-state index is 0.506. The van der Waals surface area contributed by atoms with Gasteiger partial charge in [0, 0.05) is 22.8 Å². The number of hydrogen-bond acceptors (Lipinski definition) is 5. The van der Waals surface area contributed by atoms with Crippen molar-refractivity contribution >= 4 is 28.9 Å². The van der Waals surface area contributed by atoms with Crippen LogP contribution in [0, 0.1) is 18.3 Å². The van der Waals surface area contributed by atoms with Gasteiger partial charge in [0.15, 0.2) is 0 Å². The van der Waals surface area contributed by atoms with Gasteiger partial charge in [0.25, 0.3) is 0 Å². The molecule has 0 bridgehead atoms.